The zero-order chi connectivity index (χ0) is 15.4. The fourth-order valence-corrected chi connectivity index (χ4v) is 2.77. The monoisotopic (exact) mass is 299 g/mol. The van der Waals surface area contributed by atoms with Gasteiger partial charge in [-0.15, -0.1) is 0 Å². The first-order valence-electron chi connectivity index (χ1n) is 7.52. The highest BCUT2D eigenvalue weighted by atomic mass is 16.5. The fourth-order valence-electron chi connectivity index (χ4n) is 2.77. The number of allylic oxidation sites excluding steroid dienone is 1. The molecule has 1 saturated heterocycles. The Hall–Kier alpha value is -2.34. The summed E-state index contributed by atoms with van der Waals surface area (Å²) in [5.41, 5.74) is 3.56. The van der Waals surface area contributed by atoms with Crippen molar-refractivity contribution >= 4 is 28.5 Å². The highest BCUT2D eigenvalue weighted by Crippen LogP contribution is 2.29. The van der Waals surface area contributed by atoms with Crippen LogP contribution in [-0.4, -0.2) is 42.5 Å². The molecule has 2 aromatic rings. The van der Waals surface area contributed by atoms with Gasteiger partial charge >= 0.3 is 0 Å². The van der Waals surface area contributed by atoms with E-state index >= 15 is 0 Å². The summed E-state index contributed by atoms with van der Waals surface area (Å²) in [6.07, 6.45) is 8.94. The summed E-state index contributed by atoms with van der Waals surface area (Å²) in [7, 11) is 1.89. The van der Waals surface area contributed by atoms with Crippen LogP contribution in [0.3, 0.4) is 0 Å². The number of hydrogen-bond donors (Lipinski definition) is 4. The van der Waals surface area contributed by atoms with E-state index in [1.165, 1.54) is 6.21 Å². The molecule has 0 atom stereocenters. The van der Waals surface area contributed by atoms with Crippen molar-refractivity contribution in [2.45, 2.75) is 18.9 Å². The average Bonchev–Trinajstić information content (AvgIpc) is 3.04. The van der Waals surface area contributed by atoms with E-state index in [2.05, 4.69) is 20.6 Å². The lowest BCUT2D eigenvalue weighted by Crippen LogP contribution is -2.31. The van der Waals surface area contributed by atoms with Crippen molar-refractivity contribution in [3.8, 4) is 0 Å². The maximum Gasteiger partial charge on any atom is 0.139 e. The van der Waals surface area contributed by atoms with Gasteiger partial charge in [0.05, 0.1) is 5.69 Å². The van der Waals surface area contributed by atoms with Gasteiger partial charge in [0.25, 0.3) is 0 Å². The van der Waals surface area contributed by atoms with Crippen LogP contribution in [0.15, 0.2) is 24.7 Å². The van der Waals surface area contributed by atoms with Crippen LogP contribution >= 0.6 is 0 Å². The third-order valence-electron chi connectivity index (χ3n) is 4.00. The summed E-state index contributed by atoms with van der Waals surface area (Å²) in [4.78, 5) is 7.53. The third-order valence-corrected chi connectivity index (χ3v) is 4.00. The maximum absolute atomic E-state index is 7.74. The van der Waals surface area contributed by atoms with Crippen LogP contribution in [-0.2, 0) is 4.74 Å². The van der Waals surface area contributed by atoms with Crippen LogP contribution in [0.25, 0.3) is 16.6 Å². The second-order valence-electron chi connectivity index (χ2n) is 5.33. The van der Waals surface area contributed by atoms with Crippen molar-refractivity contribution in [1.82, 2.24) is 15.3 Å². The molecule has 1 aliphatic heterocycles. The minimum atomic E-state index is 0.408. The maximum atomic E-state index is 7.74. The van der Waals surface area contributed by atoms with Crippen molar-refractivity contribution < 1.29 is 4.74 Å². The number of H-pyrrole nitrogens is 1. The largest absolute Gasteiger partial charge is 0.387 e. The normalized spacial score (nSPS) is 16.7. The molecule has 0 radical (unpaired) electrons. The summed E-state index contributed by atoms with van der Waals surface area (Å²) >= 11 is 0. The number of ether oxygens (including phenoxy) is 1. The molecule has 1 aliphatic rings. The minimum absolute atomic E-state index is 0.408. The van der Waals surface area contributed by atoms with Crippen molar-refractivity contribution in [1.29, 1.82) is 5.41 Å². The van der Waals surface area contributed by atoms with E-state index in [0.717, 1.165) is 53.9 Å². The molecule has 0 bridgehead atoms. The molecule has 0 spiro atoms. The van der Waals surface area contributed by atoms with E-state index in [4.69, 9.17) is 10.1 Å². The van der Waals surface area contributed by atoms with Crippen molar-refractivity contribution in [2.24, 2.45) is 0 Å². The van der Waals surface area contributed by atoms with Gasteiger partial charge in [-0.05, 0) is 18.9 Å². The molecule has 0 saturated carbocycles. The lowest BCUT2D eigenvalue weighted by atomic mass is 10.1. The number of nitrogens with one attached hydrogen (secondary N) is 4. The molecule has 1 fully saturated rings. The number of rotatable bonds is 5. The zero-order valence-corrected chi connectivity index (χ0v) is 12.6. The van der Waals surface area contributed by atoms with Gasteiger partial charge in [0.15, 0.2) is 0 Å². The summed E-state index contributed by atoms with van der Waals surface area (Å²) in [6.45, 7) is 1.59. The smallest absolute Gasteiger partial charge is 0.139 e. The lowest BCUT2D eigenvalue weighted by Gasteiger charge is -2.22. The van der Waals surface area contributed by atoms with Crippen LogP contribution in [0.2, 0.25) is 0 Å². The minimum Gasteiger partial charge on any atom is -0.387 e. The fraction of sp³-hybridized carbons (Fsp3) is 0.375. The van der Waals surface area contributed by atoms with E-state index in [9.17, 15) is 0 Å². The summed E-state index contributed by atoms with van der Waals surface area (Å²) < 4.78 is 5.36. The molecule has 0 aliphatic carbocycles. The van der Waals surface area contributed by atoms with Crippen LogP contribution in [0, 0.1) is 5.41 Å². The van der Waals surface area contributed by atoms with E-state index in [1.807, 2.05) is 25.5 Å². The SMILES string of the molecule is CNc1c(/C(C=N)=C/NC2CCOCC2)cnc2[nH]ccc12. The van der Waals surface area contributed by atoms with E-state index in [-0.39, 0.29) is 0 Å². The number of aromatic amines is 1. The Balaban J connectivity index is 1.90. The highest BCUT2D eigenvalue weighted by Gasteiger charge is 2.14. The Morgan fingerprint density at radius 2 is 2.27 bits per heavy atom. The summed E-state index contributed by atoms with van der Waals surface area (Å²) in [5, 5.41) is 15.4. The van der Waals surface area contributed by atoms with Crippen molar-refractivity contribution in [2.75, 3.05) is 25.6 Å². The molecule has 0 unspecified atom stereocenters. The molecule has 6 heteroatoms. The number of hydrogen-bond acceptors (Lipinski definition) is 5. The second kappa shape index (κ2) is 6.62. The van der Waals surface area contributed by atoms with E-state index in [0.29, 0.717) is 6.04 Å². The predicted octanol–water partition coefficient (Wildman–Crippen LogP) is 2.36. The van der Waals surface area contributed by atoms with Crippen LogP contribution < -0.4 is 10.6 Å². The third kappa shape index (κ3) is 2.82. The molecule has 3 rings (SSSR count). The predicted molar refractivity (Wildman–Crippen MR) is 89.4 cm³/mol. The molecule has 116 valence electrons. The first-order chi connectivity index (χ1) is 10.8. The number of pyridine rings is 1. The molecule has 0 amide bonds. The van der Waals surface area contributed by atoms with E-state index in [1.54, 1.807) is 6.20 Å². The van der Waals surface area contributed by atoms with Gasteiger partial charge in [-0.1, -0.05) is 0 Å². The lowest BCUT2D eigenvalue weighted by molar-refractivity contribution is 0.0812. The van der Waals surface area contributed by atoms with Crippen LogP contribution in [0.4, 0.5) is 5.69 Å². The molecule has 22 heavy (non-hydrogen) atoms. The van der Waals surface area contributed by atoms with Gasteiger partial charge in [-0.3, -0.25) is 0 Å². The van der Waals surface area contributed by atoms with Gasteiger partial charge in [-0.25, -0.2) is 4.98 Å². The summed E-state index contributed by atoms with van der Waals surface area (Å²) in [6, 6.07) is 2.40. The van der Waals surface area contributed by atoms with E-state index < -0.39 is 0 Å². The number of fused-ring (bicyclic) bond motifs is 1. The average molecular weight is 299 g/mol. The van der Waals surface area contributed by atoms with Crippen molar-refractivity contribution in [3.05, 3.63) is 30.2 Å². The highest BCUT2D eigenvalue weighted by molar-refractivity contribution is 6.13. The first-order valence-corrected chi connectivity index (χ1v) is 7.52. The Bertz CT molecular complexity index is 685. The van der Waals surface area contributed by atoms with Crippen LogP contribution in [0.1, 0.15) is 18.4 Å². The Morgan fingerprint density at radius 1 is 1.45 bits per heavy atom. The first kappa shape index (κ1) is 14.6. The topological polar surface area (TPSA) is 85.8 Å². The second-order valence-corrected chi connectivity index (χ2v) is 5.33. The Kier molecular flexibility index (Phi) is 4.39. The number of aromatic nitrogens is 2. The summed E-state index contributed by atoms with van der Waals surface area (Å²) in [5.74, 6) is 0. The van der Waals surface area contributed by atoms with Gasteiger partial charge in [0.1, 0.15) is 5.65 Å². The zero-order valence-electron chi connectivity index (χ0n) is 12.6. The molecular formula is C16H21N5O. The van der Waals surface area contributed by atoms with Gasteiger partial charge < -0.3 is 25.8 Å². The standard InChI is InChI=1S/C16H21N5O/c1-18-15-13-2-5-19-16(13)21-10-14(15)11(8-17)9-20-12-3-6-22-7-4-12/h2,5,8-10,12,17,20H,3-4,6-7H2,1H3,(H2,18,19,21)/b11-9+,17-8?. The van der Waals surface area contributed by atoms with Gasteiger partial charge in [0.2, 0.25) is 0 Å². The molecular weight excluding hydrogens is 278 g/mol. The number of nitrogens with zero attached hydrogens (tertiary/aromatic N) is 1. The molecule has 0 aromatic carbocycles. The van der Waals surface area contributed by atoms with Gasteiger partial charge in [-0.2, -0.15) is 0 Å². The molecule has 3 heterocycles. The van der Waals surface area contributed by atoms with Crippen LogP contribution in [0.5, 0.6) is 0 Å². The molecule has 6 nitrogen and oxygen atoms in total. The molecule has 4 N–H and O–H groups in total. The van der Waals surface area contributed by atoms with Crippen molar-refractivity contribution in [3.63, 3.8) is 0 Å². The molecule has 2 aromatic heterocycles. The number of anilines is 1. The van der Waals surface area contributed by atoms with Gasteiger partial charge in [0, 0.05) is 67.6 Å². The Labute approximate surface area is 129 Å². The Morgan fingerprint density at radius 3 is 3.00 bits per heavy atom. The quantitative estimate of drug-likeness (QED) is 0.638.